The van der Waals surface area contributed by atoms with Crippen LogP contribution in [0.2, 0.25) is 0 Å². The van der Waals surface area contributed by atoms with Gasteiger partial charge in [-0.25, -0.2) is 0 Å². The summed E-state index contributed by atoms with van der Waals surface area (Å²) < 4.78 is 0. The highest BCUT2D eigenvalue weighted by atomic mass is 16.2. The van der Waals surface area contributed by atoms with Gasteiger partial charge < -0.3 is 10.2 Å². The third kappa shape index (κ3) is 4.60. The van der Waals surface area contributed by atoms with Crippen molar-refractivity contribution in [1.29, 1.82) is 0 Å². The van der Waals surface area contributed by atoms with Gasteiger partial charge in [-0.05, 0) is 36.4 Å². The van der Waals surface area contributed by atoms with Crippen molar-refractivity contribution in [3.05, 3.63) is 77.9 Å². The van der Waals surface area contributed by atoms with E-state index in [2.05, 4.69) is 12.2 Å². The number of hydrogen-bond donors (Lipinski definition) is 1. The Morgan fingerprint density at radius 2 is 1.73 bits per heavy atom. The molecule has 6 nitrogen and oxygen atoms in total. The first-order valence-corrected chi connectivity index (χ1v) is 11.5. The van der Waals surface area contributed by atoms with Crippen LogP contribution in [-0.2, 0) is 16.1 Å². The van der Waals surface area contributed by atoms with Gasteiger partial charge in [-0.1, -0.05) is 67.9 Å². The summed E-state index contributed by atoms with van der Waals surface area (Å²) in [5.74, 6) is -0.643. The van der Waals surface area contributed by atoms with Crippen LogP contribution >= 0.6 is 0 Å². The number of anilines is 1. The number of benzene rings is 3. The predicted molar refractivity (Wildman–Crippen MR) is 130 cm³/mol. The van der Waals surface area contributed by atoms with Crippen LogP contribution < -0.4 is 10.2 Å². The molecule has 1 aliphatic heterocycles. The maximum atomic E-state index is 13.5. The first-order chi connectivity index (χ1) is 16.0. The van der Waals surface area contributed by atoms with Crippen LogP contribution in [0.4, 0.5) is 5.69 Å². The van der Waals surface area contributed by atoms with Gasteiger partial charge in [0.25, 0.3) is 5.91 Å². The van der Waals surface area contributed by atoms with Gasteiger partial charge in [0, 0.05) is 24.0 Å². The summed E-state index contributed by atoms with van der Waals surface area (Å²) in [4.78, 5) is 42.6. The zero-order valence-electron chi connectivity index (χ0n) is 19.1. The average molecular weight is 444 g/mol. The molecule has 0 spiro atoms. The molecule has 170 valence electrons. The van der Waals surface area contributed by atoms with E-state index in [0.29, 0.717) is 18.7 Å². The fourth-order valence-electron chi connectivity index (χ4n) is 4.26. The Morgan fingerprint density at radius 1 is 1.00 bits per heavy atom. The predicted octanol–water partition coefficient (Wildman–Crippen LogP) is 4.13. The lowest BCUT2D eigenvalue weighted by Gasteiger charge is -2.30. The van der Waals surface area contributed by atoms with Crippen LogP contribution in [0.5, 0.6) is 0 Å². The number of amides is 3. The molecule has 33 heavy (non-hydrogen) atoms. The van der Waals surface area contributed by atoms with Crippen molar-refractivity contribution in [3.8, 4) is 0 Å². The van der Waals surface area contributed by atoms with Gasteiger partial charge in [0.1, 0.15) is 12.6 Å². The number of unbranched alkanes of at least 4 members (excludes halogenated alkanes) is 1. The molecule has 1 aliphatic rings. The maximum absolute atomic E-state index is 13.5. The topological polar surface area (TPSA) is 69.7 Å². The van der Waals surface area contributed by atoms with Gasteiger partial charge in [-0.3, -0.25) is 19.3 Å². The van der Waals surface area contributed by atoms with E-state index >= 15 is 0 Å². The maximum Gasteiger partial charge on any atom is 0.259 e. The van der Waals surface area contributed by atoms with Gasteiger partial charge in [-0.2, -0.15) is 0 Å². The van der Waals surface area contributed by atoms with E-state index in [1.807, 2.05) is 60.7 Å². The minimum Gasteiger partial charge on any atom is -0.354 e. The van der Waals surface area contributed by atoms with Gasteiger partial charge in [0.05, 0.1) is 5.69 Å². The Kier molecular flexibility index (Phi) is 6.73. The van der Waals surface area contributed by atoms with Crippen molar-refractivity contribution in [2.24, 2.45) is 0 Å². The van der Waals surface area contributed by atoms with E-state index in [-0.39, 0.29) is 24.3 Å². The van der Waals surface area contributed by atoms with Crippen LogP contribution in [0, 0.1) is 0 Å². The zero-order valence-corrected chi connectivity index (χ0v) is 19.1. The Balaban J connectivity index is 1.58. The molecule has 0 fully saturated rings. The molecule has 3 amide bonds. The lowest BCUT2D eigenvalue weighted by molar-refractivity contribution is -0.139. The number of nitrogens with zero attached hydrogens (tertiary/aromatic N) is 2. The summed E-state index contributed by atoms with van der Waals surface area (Å²) in [6, 6.07) is 20.3. The van der Waals surface area contributed by atoms with Gasteiger partial charge >= 0.3 is 0 Å². The van der Waals surface area contributed by atoms with Gasteiger partial charge in [-0.15, -0.1) is 0 Å². The number of carbonyl (C=O) groups excluding carboxylic acids is 3. The number of carbonyl (C=O) groups is 3. The van der Waals surface area contributed by atoms with E-state index in [4.69, 9.17) is 0 Å². The third-order valence-corrected chi connectivity index (χ3v) is 6.14. The minimum absolute atomic E-state index is 0.119. The van der Waals surface area contributed by atoms with E-state index in [1.165, 1.54) is 4.90 Å². The molecule has 3 aromatic rings. The highest BCUT2D eigenvalue weighted by Crippen LogP contribution is 2.37. The molecule has 1 N–H and O–H groups in total. The summed E-state index contributed by atoms with van der Waals surface area (Å²) in [6.45, 7) is 4.55. The highest BCUT2D eigenvalue weighted by molar-refractivity contribution is 6.26. The molecule has 1 atom stereocenters. The Labute approximate surface area is 194 Å². The van der Waals surface area contributed by atoms with Crippen molar-refractivity contribution >= 4 is 34.2 Å². The second kappa shape index (κ2) is 9.86. The molecule has 3 aromatic carbocycles. The van der Waals surface area contributed by atoms with Crippen molar-refractivity contribution in [1.82, 2.24) is 10.2 Å². The van der Waals surface area contributed by atoms with Crippen molar-refractivity contribution in [2.45, 2.75) is 39.3 Å². The molecular weight excluding hydrogens is 414 g/mol. The highest BCUT2D eigenvalue weighted by Gasteiger charge is 2.34. The average Bonchev–Trinajstić information content (AvgIpc) is 3.11. The first-order valence-electron chi connectivity index (χ1n) is 11.5. The van der Waals surface area contributed by atoms with Gasteiger partial charge in [0.15, 0.2) is 0 Å². The zero-order chi connectivity index (χ0) is 23.4. The first kappa shape index (κ1) is 22.5. The molecule has 4 rings (SSSR count). The third-order valence-electron chi connectivity index (χ3n) is 6.14. The van der Waals surface area contributed by atoms with E-state index in [0.717, 1.165) is 34.9 Å². The summed E-state index contributed by atoms with van der Waals surface area (Å²) in [5, 5.41) is 4.77. The molecule has 0 bridgehead atoms. The molecule has 0 aromatic heterocycles. The minimum atomic E-state index is -0.662. The molecule has 1 unspecified atom stereocenters. The Bertz CT molecular complexity index is 1170. The molecule has 1 heterocycles. The fourth-order valence-corrected chi connectivity index (χ4v) is 4.26. The van der Waals surface area contributed by atoms with Crippen LogP contribution in [0.25, 0.3) is 10.8 Å². The molecular formula is C27H29N3O3. The summed E-state index contributed by atoms with van der Waals surface area (Å²) in [5.41, 5.74) is 2.27. The molecule has 0 saturated heterocycles. The molecule has 0 saturated carbocycles. The smallest absolute Gasteiger partial charge is 0.259 e. The fraction of sp³-hybridized carbons (Fsp3) is 0.296. The van der Waals surface area contributed by atoms with Crippen molar-refractivity contribution in [2.75, 3.05) is 18.0 Å². The quantitative estimate of drug-likeness (QED) is 0.506. The van der Waals surface area contributed by atoms with Crippen LogP contribution in [0.3, 0.4) is 0 Å². The lowest BCUT2D eigenvalue weighted by Crippen LogP contribution is -2.51. The normalized spacial score (nSPS) is 13.3. The largest absolute Gasteiger partial charge is 0.354 e. The number of rotatable bonds is 9. The molecule has 0 radical (unpaired) electrons. The van der Waals surface area contributed by atoms with Crippen LogP contribution in [-0.4, -0.2) is 41.8 Å². The second-order valence-electron chi connectivity index (χ2n) is 8.40. The summed E-state index contributed by atoms with van der Waals surface area (Å²) >= 11 is 0. The van der Waals surface area contributed by atoms with E-state index in [1.54, 1.807) is 17.9 Å². The summed E-state index contributed by atoms with van der Waals surface area (Å²) in [7, 11) is 0. The lowest BCUT2D eigenvalue weighted by atomic mass is 10.1. The summed E-state index contributed by atoms with van der Waals surface area (Å²) in [6.07, 6.45) is 1.86. The van der Waals surface area contributed by atoms with E-state index < -0.39 is 6.04 Å². The Morgan fingerprint density at radius 3 is 2.45 bits per heavy atom. The van der Waals surface area contributed by atoms with E-state index in [9.17, 15) is 14.4 Å². The standard InChI is InChI=1S/C27H29N3O3/c1-3-4-16-28-26(32)19(2)29(17-20-10-6-5-7-11-20)24(31)18-30-23-15-9-13-21-12-8-14-22(25(21)23)27(30)33/h5-15,19H,3-4,16-18H2,1-2H3,(H,28,32). The molecule has 0 aliphatic carbocycles. The van der Waals surface area contributed by atoms with Crippen LogP contribution in [0.15, 0.2) is 66.7 Å². The van der Waals surface area contributed by atoms with Crippen molar-refractivity contribution < 1.29 is 14.4 Å². The number of hydrogen-bond acceptors (Lipinski definition) is 3. The molecule has 6 heteroatoms. The van der Waals surface area contributed by atoms with Crippen molar-refractivity contribution in [3.63, 3.8) is 0 Å². The Hall–Kier alpha value is -3.67. The SMILES string of the molecule is CCCCNC(=O)C(C)N(Cc1ccccc1)C(=O)CN1C(=O)c2cccc3cccc1c23. The second-order valence-corrected chi connectivity index (χ2v) is 8.40. The number of nitrogens with one attached hydrogen (secondary N) is 1. The van der Waals surface area contributed by atoms with Crippen LogP contribution in [0.1, 0.15) is 42.6 Å². The van der Waals surface area contributed by atoms with Gasteiger partial charge in [0.2, 0.25) is 11.8 Å². The monoisotopic (exact) mass is 443 g/mol.